The number of halogens is 1. The van der Waals surface area contributed by atoms with Crippen LogP contribution < -0.4 is 4.74 Å². The van der Waals surface area contributed by atoms with Crippen LogP contribution in [0.5, 0.6) is 5.88 Å². The lowest BCUT2D eigenvalue weighted by atomic mass is 10.5. The maximum absolute atomic E-state index is 11.1. The van der Waals surface area contributed by atoms with Gasteiger partial charge in [-0.3, -0.25) is 0 Å². The van der Waals surface area contributed by atoms with E-state index in [1.807, 2.05) is 0 Å². The number of hydrogen-bond acceptors (Lipinski definition) is 9. The molecule has 23 heavy (non-hydrogen) atoms. The van der Waals surface area contributed by atoms with E-state index in [1.165, 1.54) is 32.8 Å². The highest BCUT2D eigenvalue weighted by molar-refractivity contribution is 6.29. The van der Waals surface area contributed by atoms with Gasteiger partial charge in [0.1, 0.15) is 5.15 Å². The van der Waals surface area contributed by atoms with Crippen molar-refractivity contribution in [3.63, 3.8) is 0 Å². The molecule has 0 saturated heterocycles. The summed E-state index contributed by atoms with van der Waals surface area (Å²) in [5, 5.41) is 0.248. The molecule has 10 heteroatoms. The third-order valence-corrected chi connectivity index (χ3v) is 2.35. The van der Waals surface area contributed by atoms with Crippen molar-refractivity contribution in [1.29, 1.82) is 0 Å². The van der Waals surface area contributed by atoms with Crippen LogP contribution in [0.25, 0.3) is 0 Å². The predicted molar refractivity (Wildman–Crippen MR) is 78.3 cm³/mol. The summed E-state index contributed by atoms with van der Waals surface area (Å²) in [5.74, 6) is -1.35. The number of carbonyl (C=O) groups excluding carboxylic acids is 2. The Labute approximate surface area is 140 Å². The standard InChI is InChI=1S/C7H8N2O3.C6H5ClN2O2/c1-11-6-4-8-5(3-9-6)7(10)12-2;1-11-6(10)4-2-9-5(7)3-8-4/h3-4H,1-2H3;2-3H,1H3/i2D3;. The van der Waals surface area contributed by atoms with Crippen molar-refractivity contribution in [1.82, 2.24) is 19.9 Å². The zero-order chi connectivity index (χ0) is 19.7. The monoisotopic (exact) mass is 343 g/mol. The molecule has 0 saturated carbocycles. The van der Waals surface area contributed by atoms with Crippen molar-refractivity contribution in [2.24, 2.45) is 0 Å². The van der Waals surface area contributed by atoms with E-state index >= 15 is 0 Å². The summed E-state index contributed by atoms with van der Waals surface area (Å²) in [6.45, 7) is 0. The quantitative estimate of drug-likeness (QED) is 0.758. The van der Waals surface area contributed by atoms with Gasteiger partial charge in [0.25, 0.3) is 0 Å². The van der Waals surface area contributed by atoms with Crippen molar-refractivity contribution in [3.05, 3.63) is 41.3 Å². The maximum Gasteiger partial charge on any atom is 0.358 e. The summed E-state index contributed by atoms with van der Waals surface area (Å²) in [5.41, 5.74) is -0.0381. The third-order valence-electron chi connectivity index (χ3n) is 2.15. The first-order valence-corrected chi connectivity index (χ1v) is 6.19. The molecule has 0 bridgehead atoms. The van der Waals surface area contributed by atoms with Crippen LogP contribution in [0.4, 0.5) is 0 Å². The minimum Gasteiger partial charge on any atom is -0.480 e. The Bertz CT molecular complexity index is 741. The highest BCUT2D eigenvalue weighted by Crippen LogP contribution is 2.03. The molecule has 2 aromatic rings. The largest absolute Gasteiger partial charge is 0.480 e. The van der Waals surface area contributed by atoms with Crippen LogP contribution in [0.15, 0.2) is 24.8 Å². The highest BCUT2D eigenvalue weighted by atomic mass is 35.5. The Morgan fingerprint density at radius 1 is 0.957 bits per heavy atom. The molecule has 122 valence electrons. The van der Waals surface area contributed by atoms with Gasteiger partial charge in [-0.25, -0.2) is 29.5 Å². The van der Waals surface area contributed by atoms with Gasteiger partial charge < -0.3 is 14.2 Å². The molecular weight excluding hydrogens is 328 g/mol. The van der Waals surface area contributed by atoms with Crippen LogP contribution in [-0.4, -0.2) is 53.1 Å². The summed E-state index contributed by atoms with van der Waals surface area (Å²) < 4.78 is 33.3. The molecular formula is C13H13ClN4O5. The minimum atomic E-state index is -2.78. The van der Waals surface area contributed by atoms with Crippen LogP contribution in [0, 0.1) is 0 Å². The molecule has 0 atom stereocenters. The van der Waals surface area contributed by atoms with Crippen molar-refractivity contribution in [2.75, 3.05) is 21.3 Å². The lowest BCUT2D eigenvalue weighted by molar-refractivity contribution is 0.0584. The summed E-state index contributed by atoms with van der Waals surface area (Å²) in [4.78, 5) is 36.5. The fourth-order valence-electron chi connectivity index (χ4n) is 1.10. The zero-order valence-corrected chi connectivity index (χ0v) is 12.8. The van der Waals surface area contributed by atoms with Crippen LogP contribution >= 0.6 is 11.6 Å². The number of ether oxygens (including phenoxy) is 3. The van der Waals surface area contributed by atoms with Gasteiger partial charge in [-0.05, 0) is 0 Å². The molecule has 0 spiro atoms. The van der Waals surface area contributed by atoms with E-state index in [0.29, 0.717) is 0 Å². The molecule has 2 aromatic heterocycles. The van der Waals surface area contributed by atoms with Gasteiger partial charge in [-0.2, -0.15) is 0 Å². The fraction of sp³-hybridized carbons (Fsp3) is 0.231. The summed E-state index contributed by atoms with van der Waals surface area (Å²) in [6.07, 6.45) is 4.81. The van der Waals surface area contributed by atoms with E-state index in [1.54, 1.807) is 0 Å². The minimum absolute atomic E-state index is 0.150. The third kappa shape index (κ3) is 5.83. The molecule has 0 N–H and O–H groups in total. The van der Waals surface area contributed by atoms with E-state index in [-0.39, 0.29) is 22.4 Å². The smallest absolute Gasteiger partial charge is 0.358 e. The maximum atomic E-state index is 11.1. The van der Waals surface area contributed by atoms with Crippen LogP contribution in [0.2, 0.25) is 5.15 Å². The highest BCUT2D eigenvalue weighted by Gasteiger charge is 2.07. The van der Waals surface area contributed by atoms with Gasteiger partial charge >= 0.3 is 11.9 Å². The van der Waals surface area contributed by atoms with Crippen molar-refractivity contribution in [3.8, 4) is 5.88 Å². The number of rotatable bonds is 3. The van der Waals surface area contributed by atoms with E-state index in [4.69, 9.17) is 20.5 Å². The predicted octanol–water partition coefficient (Wildman–Crippen LogP) is 1.19. The van der Waals surface area contributed by atoms with Gasteiger partial charge in [-0.15, -0.1) is 0 Å². The van der Waals surface area contributed by atoms with Gasteiger partial charge in [0, 0.05) is 0 Å². The number of nitrogens with zero attached hydrogens (tertiary/aromatic N) is 4. The molecule has 0 fully saturated rings. The molecule has 0 aliphatic heterocycles. The van der Waals surface area contributed by atoms with Gasteiger partial charge in [0.05, 0.1) is 50.2 Å². The van der Waals surface area contributed by atoms with Crippen molar-refractivity contribution in [2.45, 2.75) is 0 Å². The van der Waals surface area contributed by atoms with Gasteiger partial charge in [-0.1, -0.05) is 11.6 Å². The molecule has 0 aromatic carbocycles. The van der Waals surface area contributed by atoms with E-state index in [9.17, 15) is 9.59 Å². The lowest BCUT2D eigenvalue weighted by Crippen LogP contribution is -2.04. The first-order chi connectivity index (χ1) is 12.2. The normalized spacial score (nSPS) is 11.7. The Hall–Kier alpha value is -2.81. The molecule has 0 aliphatic carbocycles. The lowest BCUT2D eigenvalue weighted by Gasteiger charge is -1.98. The second-order valence-corrected chi connectivity index (χ2v) is 3.94. The average Bonchev–Trinajstić information content (AvgIpc) is 2.61. The summed E-state index contributed by atoms with van der Waals surface area (Å²) in [7, 11) is -0.109. The SMILES string of the molecule is COC(=O)c1cnc(Cl)cn1.[2H]C([2H])([2H])OC(=O)c1cnc(OC)cn1. The van der Waals surface area contributed by atoms with Crippen LogP contribution in [0.1, 0.15) is 25.1 Å². The summed E-state index contributed by atoms with van der Waals surface area (Å²) in [6, 6.07) is 0. The molecule has 0 unspecified atom stereocenters. The van der Waals surface area contributed by atoms with Crippen LogP contribution in [-0.2, 0) is 9.47 Å². The van der Waals surface area contributed by atoms with Crippen LogP contribution in [0.3, 0.4) is 0 Å². The van der Waals surface area contributed by atoms with Crippen molar-refractivity contribution < 1.29 is 27.9 Å². The fourth-order valence-corrected chi connectivity index (χ4v) is 1.20. The molecule has 9 nitrogen and oxygen atoms in total. The Morgan fingerprint density at radius 3 is 2.00 bits per heavy atom. The molecule has 0 amide bonds. The van der Waals surface area contributed by atoms with Gasteiger partial charge in [0.2, 0.25) is 5.88 Å². The van der Waals surface area contributed by atoms with E-state index in [2.05, 4.69) is 29.4 Å². The van der Waals surface area contributed by atoms with Gasteiger partial charge in [0.15, 0.2) is 11.4 Å². The number of esters is 2. The molecule has 0 aliphatic rings. The Morgan fingerprint density at radius 2 is 1.57 bits per heavy atom. The molecule has 2 heterocycles. The average molecular weight is 344 g/mol. The topological polar surface area (TPSA) is 113 Å². The number of hydrogen-bond donors (Lipinski definition) is 0. The number of carbonyl (C=O) groups is 2. The number of aromatic nitrogens is 4. The number of methoxy groups -OCH3 is 3. The Balaban J connectivity index is 0.000000273. The van der Waals surface area contributed by atoms with Crippen molar-refractivity contribution >= 4 is 23.5 Å². The second kappa shape index (κ2) is 9.26. The zero-order valence-electron chi connectivity index (χ0n) is 15.0. The van der Waals surface area contributed by atoms with E-state index in [0.717, 1.165) is 6.20 Å². The second-order valence-electron chi connectivity index (χ2n) is 3.55. The molecule has 0 radical (unpaired) electrons. The summed E-state index contributed by atoms with van der Waals surface area (Å²) >= 11 is 5.43. The first kappa shape index (κ1) is 13.8. The van der Waals surface area contributed by atoms with E-state index < -0.39 is 19.0 Å². The molecule has 2 rings (SSSR count). The Kier molecular flexibility index (Phi) is 5.56. The first-order valence-electron chi connectivity index (χ1n) is 7.31.